The van der Waals surface area contributed by atoms with Gasteiger partial charge < -0.3 is 4.79 Å². The van der Waals surface area contributed by atoms with Crippen LogP contribution in [-0.4, -0.2) is 23.8 Å². The topological polar surface area (TPSA) is 20.3 Å². The summed E-state index contributed by atoms with van der Waals surface area (Å²) < 4.78 is 0. The van der Waals surface area contributed by atoms with Gasteiger partial charge in [-0.05, 0) is 18.4 Å². The Morgan fingerprint density at radius 3 is 2.47 bits per heavy atom. The number of carbonyl (C=O) groups excluding carboxylic acids is 1. The van der Waals surface area contributed by atoms with Gasteiger partial charge >= 0.3 is 0 Å². The Morgan fingerprint density at radius 2 is 1.82 bits per heavy atom. The second kappa shape index (κ2) is 6.55. The zero-order valence-electron chi connectivity index (χ0n) is 10.3. The van der Waals surface area contributed by atoms with Gasteiger partial charge in [-0.25, -0.2) is 0 Å². The van der Waals surface area contributed by atoms with Crippen LogP contribution in [0.4, 0.5) is 0 Å². The minimum Gasteiger partial charge on any atom is -0.302 e. The second-order valence-electron chi connectivity index (χ2n) is 4.87. The Kier molecular flexibility index (Phi) is 4.75. The van der Waals surface area contributed by atoms with Gasteiger partial charge in [0.15, 0.2) is 0 Å². The third-order valence-corrected chi connectivity index (χ3v) is 3.63. The lowest BCUT2D eigenvalue weighted by Crippen LogP contribution is -2.37. The first-order valence-electron chi connectivity index (χ1n) is 6.62. The van der Waals surface area contributed by atoms with Crippen molar-refractivity contribution in [3.05, 3.63) is 35.9 Å². The normalized spacial score (nSPS) is 17.2. The first kappa shape index (κ1) is 12.3. The summed E-state index contributed by atoms with van der Waals surface area (Å²) in [5.41, 5.74) is 1.31. The number of hydrogen-bond acceptors (Lipinski definition) is 2. The molecule has 0 unspecified atom stereocenters. The van der Waals surface area contributed by atoms with Crippen molar-refractivity contribution in [2.75, 3.05) is 6.54 Å². The van der Waals surface area contributed by atoms with E-state index in [0.29, 0.717) is 12.6 Å². The molecule has 0 bridgehead atoms. The van der Waals surface area contributed by atoms with Gasteiger partial charge in [-0.2, -0.15) is 0 Å². The van der Waals surface area contributed by atoms with Crippen LogP contribution in [0.5, 0.6) is 0 Å². The smallest absolute Gasteiger partial charge is 0.134 e. The SMILES string of the molecule is O=CCN(Cc1ccccc1)C1CCCCC1. The van der Waals surface area contributed by atoms with Crippen LogP contribution in [0.2, 0.25) is 0 Å². The highest BCUT2D eigenvalue weighted by Gasteiger charge is 2.20. The molecule has 1 aliphatic carbocycles. The molecule has 1 aromatic carbocycles. The molecular weight excluding hydrogens is 210 g/mol. The molecule has 92 valence electrons. The zero-order valence-corrected chi connectivity index (χ0v) is 10.3. The fourth-order valence-corrected chi connectivity index (χ4v) is 2.70. The van der Waals surface area contributed by atoms with Gasteiger partial charge in [0.25, 0.3) is 0 Å². The summed E-state index contributed by atoms with van der Waals surface area (Å²) in [5.74, 6) is 0. The molecule has 0 atom stereocenters. The number of rotatable bonds is 5. The molecule has 0 heterocycles. The van der Waals surface area contributed by atoms with Gasteiger partial charge in [0.2, 0.25) is 0 Å². The maximum atomic E-state index is 10.8. The predicted octanol–water partition coefficient (Wildman–Crippen LogP) is 3.02. The molecule has 0 saturated heterocycles. The molecule has 1 fully saturated rings. The van der Waals surface area contributed by atoms with E-state index in [2.05, 4.69) is 29.2 Å². The molecule has 1 saturated carbocycles. The molecule has 2 heteroatoms. The number of benzene rings is 1. The highest BCUT2D eigenvalue weighted by Crippen LogP contribution is 2.23. The third kappa shape index (κ3) is 3.67. The standard InChI is InChI=1S/C15H21NO/c17-12-11-16(15-9-5-2-6-10-15)13-14-7-3-1-4-8-14/h1,3-4,7-8,12,15H,2,5-6,9-11,13H2. The molecule has 0 radical (unpaired) electrons. The van der Waals surface area contributed by atoms with Gasteiger partial charge in [-0.3, -0.25) is 4.90 Å². The van der Waals surface area contributed by atoms with Gasteiger partial charge in [-0.1, -0.05) is 49.6 Å². The van der Waals surface area contributed by atoms with E-state index in [1.807, 2.05) is 6.07 Å². The summed E-state index contributed by atoms with van der Waals surface area (Å²) in [4.78, 5) is 13.1. The van der Waals surface area contributed by atoms with E-state index in [1.54, 1.807) is 0 Å². The van der Waals surface area contributed by atoms with Crippen molar-refractivity contribution in [3.63, 3.8) is 0 Å². The van der Waals surface area contributed by atoms with Gasteiger partial charge in [-0.15, -0.1) is 0 Å². The van der Waals surface area contributed by atoms with E-state index in [1.165, 1.54) is 37.7 Å². The Balaban J connectivity index is 1.98. The average molecular weight is 231 g/mol. The monoisotopic (exact) mass is 231 g/mol. The number of nitrogens with zero attached hydrogens (tertiary/aromatic N) is 1. The molecule has 2 rings (SSSR count). The molecule has 1 aromatic rings. The van der Waals surface area contributed by atoms with Crippen LogP contribution in [-0.2, 0) is 11.3 Å². The summed E-state index contributed by atoms with van der Waals surface area (Å²) in [7, 11) is 0. The molecule has 0 aliphatic heterocycles. The zero-order chi connectivity index (χ0) is 11.9. The van der Waals surface area contributed by atoms with Crippen molar-refractivity contribution >= 4 is 6.29 Å². The van der Waals surface area contributed by atoms with Crippen LogP contribution in [0.15, 0.2) is 30.3 Å². The van der Waals surface area contributed by atoms with Crippen molar-refractivity contribution in [2.45, 2.75) is 44.7 Å². The summed E-state index contributed by atoms with van der Waals surface area (Å²) in [6.07, 6.45) is 7.53. The predicted molar refractivity (Wildman–Crippen MR) is 69.8 cm³/mol. The van der Waals surface area contributed by atoms with Crippen LogP contribution in [0.3, 0.4) is 0 Å². The third-order valence-electron chi connectivity index (χ3n) is 3.63. The number of carbonyl (C=O) groups is 1. The van der Waals surface area contributed by atoms with Gasteiger partial charge in [0, 0.05) is 12.6 Å². The van der Waals surface area contributed by atoms with E-state index in [-0.39, 0.29) is 0 Å². The van der Waals surface area contributed by atoms with Crippen LogP contribution in [0, 0.1) is 0 Å². The van der Waals surface area contributed by atoms with Crippen LogP contribution >= 0.6 is 0 Å². The molecule has 0 amide bonds. The van der Waals surface area contributed by atoms with Crippen molar-refractivity contribution < 1.29 is 4.79 Å². The second-order valence-corrected chi connectivity index (χ2v) is 4.87. The minimum atomic E-state index is 0.569. The Morgan fingerprint density at radius 1 is 1.12 bits per heavy atom. The Labute approximate surface area is 104 Å². The van der Waals surface area contributed by atoms with Gasteiger partial charge in [0.05, 0.1) is 6.54 Å². The number of aldehydes is 1. The summed E-state index contributed by atoms with van der Waals surface area (Å²) >= 11 is 0. The lowest BCUT2D eigenvalue weighted by atomic mass is 9.94. The van der Waals surface area contributed by atoms with E-state index < -0.39 is 0 Å². The number of hydrogen-bond donors (Lipinski definition) is 0. The molecule has 0 aromatic heterocycles. The molecule has 17 heavy (non-hydrogen) atoms. The van der Waals surface area contributed by atoms with E-state index >= 15 is 0 Å². The average Bonchev–Trinajstić information content (AvgIpc) is 2.40. The molecule has 0 N–H and O–H groups in total. The van der Waals surface area contributed by atoms with E-state index in [4.69, 9.17) is 0 Å². The maximum absolute atomic E-state index is 10.8. The molecule has 2 nitrogen and oxygen atoms in total. The quantitative estimate of drug-likeness (QED) is 0.726. The molecule has 0 spiro atoms. The summed E-state index contributed by atoms with van der Waals surface area (Å²) in [6, 6.07) is 11.1. The highest BCUT2D eigenvalue weighted by molar-refractivity contribution is 5.52. The summed E-state index contributed by atoms with van der Waals surface area (Å²) in [6.45, 7) is 1.48. The lowest BCUT2D eigenvalue weighted by Gasteiger charge is -2.33. The first-order valence-corrected chi connectivity index (χ1v) is 6.62. The van der Waals surface area contributed by atoms with Crippen molar-refractivity contribution in [2.24, 2.45) is 0 Å². The van der Waals surface area contributed by atoms with Crippen molar-refractivity contribution in [1.29, 1.82) is 0 Å². The first-order chi connectivity index (χ1) is 8.40. The fourth-order valence-electron chi connectivity index (χ4n) is 2.70. The Hall–Kier alpha value is -1.15. The van der Waals surface area contributed by atoms with Crippen molar-refractivity contribution in [3.8, 4) is 0 Å². The molecule has 1 aliphatic rings. The fraction of sp³-hybridized carbons (Fsp3) is 0.533. The Bertz CT molecular complexity index is 330. The largest absolute Gasteiger partial charge is 0.302 e. The van der Waals surface area contributed by atoms with Crippen molar-refractivity contribution in [1.82, 2.24) is 4.90 Å². The van der Waals surface area contributed by atoms with Crippen LogP contribution in [0.25, 0.3) is 0 Å². The van der Waals surface area contributed by atoms with Crippen LogP contribution < -0.4 is 0 Å². The van der Waals surface area contributed by atoms with Crippen LogP contribution in [0.1, 0.15) is 37.7 Å². The van der Waals surface area contributed by atoms with Gasteiger partial charge in [0.1, 0.15) is 6.29 Å². The molecular formula is C15H21NO. The summed E-state index contributed by atoms with van der Waals surface area (Å²) in [5, 5.41) is 0. The minimum absolute atomic E-state index is 0.569. The maximum Gasteiger partial charge on any atom is 0.134 e. The van der Waals surface area contributed by atoms with E-state index in [0.717, 1.165) is 12.8 Å². The highest BCUT2D eigenvalue weighted by atomic mass is 16.1. The van der Waals surface area contributed by atoms with E-state index in [9.17, 15) is 4.79 Å². The lowest BCUT2D eigenvalue weighted by molar-refractivity contribution is -0.109.